The second-order valence-corrected chi connectivity index (χ2v) is 6.86. The number of alkyl halides is 2. The van der Waals surface area contributed by atoms with E-state index >= 15 is 0 Å². The molecule has 3 rings (SSSR count). The summed E-state index contributed by atoms with van der Waals surface area (Å²) in [5.41, 5.74) is 1.06. The Hall–Kier alpha value is -1.56. The molecule has 2 aliphatic heterocycles. The third-order valence-corrected chi connectivity index (χ3v) is 5.06. The highest BCUT2D eigenvalue weighted by molar-refractivity contribution is 5.79. The number of carbonyl (C=O) groups excluding carboxylic acids is 1. The third-order valence-electron chi connectivity index (χ3n) is 5.06. The highest BCUT2D eigenvalue weighted by atomic mass is 19.3. The van der Waals surface area contributed by atoms with Gasteiger partial charge >= 0.3 is 0 Å². The Labute approximate surface area is 140 Å². The first kappa shape index (κ1) is 17.3. The Balaban J connectivity index is 1.46. The van der Waals surface area contributed by atoms with E-state index in [0.29, 0.717) is 0 Å². The quantitative estimate of drug-likeness (QED) is 0.843. The third kappa shape index (κ3) is 4.29. The van der Waals surface area contributed by atoms with Crippen LogP contribution in [-0.4, -0.2) is 47.8 Å². The van der Waals surface area contributed by atoms with Crippen LogP contribution in [0.4, 0.5) is 13.2 Å². The summed E-state index contributed by atoms with van der Waals surface area (Å²) in [6, 6.07) is 6.47. The van der Waals surface area contributed by atoms with Gasteiger partial charge in [0.1, 0.15) is 5.82 Å². The molecule has 132 valence electrons. The molecule has 0 aliphatic carbocycles. The molecule has 0 atom stereocenters. The van der Waals surface area contributed by atoms with Gasteiger partial charge < -0.3 is 4.90 Å². The fourth-order valence-corrected chi connectivity index (χ4v) is 3.50. The highest BCUT2D eigenvalue weighted by Gasteiger charge is 2.37. The normalized spacial score (nSPS) is 22.5. The van der Waals surface area contributed by atoms with Gasteiger partial charge in [-0.2, -0.15) is 0 Å². The molecular weight excluding hydrogens is 317 g/mol. The zero-order valence-electron chi connectivity index (χ0n) is 13.7. The van der Waals surface area contributed by atoms with Gasteiger partial charge in [-0.15, -0.1) is 0 Å². The summed E-state index contributed by atoms with van der Waals surface area (Å²) in [5, 5.41) is 0. The van der Waals surface area contributed by atoms with Crippen LogP contribution in [-0.2, 0) is 11.3 Å². The summed E-state index contributed by atoms with van der Waals surface area (Å²) in [5.74, 6) is -2.88. The van der Waals surface area contributed by atoms with Crippen molar-refractivity contribution in [1.29, 1.82) is 0 Å². The molecule has 1 aromatic carbocycles. The number of halogens is 3. The first-order valence-electron chi connectivity index (χ1n) is 8.56. The molecule has 0 radical (unpaired) electrons. The van der Waals surface area contributed by atoms with Crippen LogP contribution in [0.15, 0.2) is 24.3 Å². The smallest absolute Gasteiger partial charge is 0.251 e. The van der Waals surface area contributed by atoms with E-state index in [1.807, 2.05) is 0 Å². The minimum absolute atomic E-state index is 0.0342. The van der Waals surface area contributed by atoms with E-state index in [0.717, 1.165) is 38.0 Å². The fraction of sp³-hybridized carbons (Fsp3) is 0.611. The van der Waals surface area contributed by atoms with Crippen LogP contribution in [0.1, 0.15) is 31.2 Å². The van der Waals surface area contributed by atoms with E-state index in [4.69, 9.17) is 0 Å². The monoisotopic (exact) mass is 340 g/mol. The molecule has 24 heavy (non-hydrogen) atoms. The number of piperidine rings is 2. The van der Waals surface area contributed by atoms with Crippen LogP contribution in [0.25, 0.3) is 0 Å². The topological polar surface area (TPSA) is 23.6 Å². The summed E-state index contributed by atoms with van der Waals surface area (Å²) in [4.78, 5) is 16.3. The van der Waals surface area contributed by atoms with Crippen LogP contribution >= 0.6 is 0 Å². The average Bonchev–Trinajstić information content (AvgIpc) is 2.57. The molecule has 0 unspecified atom stereocenters. The molecule has 0 bridgehead atoms. The molecule has 6 heteroatoms. The van der Waals surface area contributed by atoms with E-state index in [2.05, 4.69) is 4.90 Å². The maximum absolute atomic E-state index is 13.2. The number of carbonyl (C=O) groups is 1. The van der Waals surface area contributed by atoms with Crippen molar-refractivity contribution in [2.75, 3.05) is 26.2 Å². The van der Waals surface area contributed by atoms with Gasteiger partial charge in [0.15, 0.2) is 0 Å². The molecule has 0 N–H and O–H groups in total. The number of rotatable bonds is 3. The first-order valence-corrected chi connectivity index (χ1v) is 8.56. The lowest BCUT2D eigenvalue weighted by atomic mass is 9.93. The van der Waals surface area contributed by atoms with E-state index in [-0.39, 0.29) is 43.6 Å². The van der Waals surface area contributed by atoms with Crippen molar-refractivity contribution in [1.82, 2.24) is 9.80 Å². The standard InChI is InChI=1S/C18H23F3N2O/c19-16-3-1-14(2-4-16)13-22-9-5-15(6-10-22)17(24)23-11-7-18(20,21)8-12-23/h1-4,15H,5-13H2. The summed E-state index contributed by atoms with van der Waals surface area (Å²) in [6.45, 7) is 2.69. The number of likely N-dealkylation sites (tertiary alicyclic amines) is 2. The first-order chi connectivity index (χ1) is 11.4. The van der Waals surface area contributed by atoms with E-state index in [1.54, 1.807) is 17.0 Å². The van der Waals surface area contributed by atoms with Gasteiger partial charge in [-0.3, -0.25) is 9.69 Å². The number of amides is 1. The molecule has 2 aliphatic rings. The van der Waals surface area contributed by atoms with Gasteiger partial charge in [0.2, 0.25) is 5.91 Å². The van der Waals surface area contributed by atoms with Crippen LogP contribution in [0.2, 0.25) is 0 Å². The second kappa shape index (κ2) is 7.13. The van der Waals surface area contributed by atoms with E-state index in [9.17, 15) is 18.0 Å². The highest BCUT2D eigenvalue weighted by Crippen LogP contribution is 2.30. The van der Waals surface area contributed by atoms with Gasteiger partial charge in [-0.05, 0) is 43.6 Å². The van der Waals surface area contributed by atoms with Crippen LogP contribution in [0, 0.1) is 11.7 Å². The predicted molar refractivity (Wildman–Crippen MR) is 85.2 cm³/mol. The molecule has 2 saturated heterocycles. The lowest BCUT2D eigenvalue weighted by Crippen LogP contribution is -2.47. The largest absolute Gasteiger partial charge is 0.342 e. The van der Waals surface area contributed by atoms with E-state index in [1.165, 1.54) is 12.1 Å². The van der Waals surface area contributed by atoms with Crippen molar-refractivity contribution in [3.8, 4) is 0 Å². The number of benzene rings is 1. The van der Waals surface area contributed by atoms with E-state index < -0.39 is 5.92 Å². The van der Waals surface area contributed by atoms with Crippen molar-refractivity contribution in [2.45, 2.75) is 38.2 Å². The number of hydrogen-bond donors (Lipinski definition) is 0. The lowest BCUT2D eigenvalue weighted by Gasteiger charge is -2.37. The molecule has 0 aromatic heterocycles. The Kier molecular flexibility index (Phi) is 5.13. The molecule has 1 aromatic rings. The predicted octanol–water partition coefficient (Wildman–Crippen LogP) is 3.30. The fourth-order valence-electron chi connectivity index (χ4n) is 3.50. The summed E-state index contributed by atoms with van der Waals surface area (Å²) in [7, 11) is 0. The van der Waals surface area contributed by atoms with Gasteiger partial charge in [0, 0.05) is 38.4 Å². The molecular formula is C18H23F3N2O. The minimum atomic E-state index is -2.62. The van der Waals surface area contributed by atoms with Gasteiger partial charge in [0.25, 0.3) is 5.92 Å². The maximum Gasteiger partial charge on any atom is 0.251 e. The van der Waals surface area contributed by atoms with Gasteiger partial charge in [0.05, 0.1) is 0 Å². The van der Waals surface area contributed by atoms with Crippen LogP contribution in [0.5, 0.6) is 0 Å². The maximum atomic E-state index is 13.2. The number of hydrogen-bond acceptors (Lipinski definition) is 2. The SMILES string of the molecule is O=C(C1CCN(Cc2ccc(F)cc2)CC1)N1CCC(F)(F)CC1. The van der Waals surface area contributed by atoms with Gasteiger partial charge in [-0.25, -0.2) is 13.2 Å². The molecule has 3 nitrogen and oxygen atoms in total. The average molecular weight is 340 g/mol. The Morgan fingerprint density at radius 3 is 2.21 bits per heavy atom. The Bertz CT molecular complexity index is 558. The van der Waals surface area contributed by atoms with Crippen molar-refractivity contribution < 1.29 is 18.0 Å². The number of nitrogens with zero attached hydrogens (tertiary/aromatic N) is 2. The summed E-state index contributed by atoms with van der Waals surface area (Å²) >= 11 is 0. The van der Waals surface area contributed by atoms with Crippen molar-refractivity contribution in [3.05, 3.63) is 35.6 Å². The molecule has 2 fully saturated rings. The molecule has 1 amide bonds. The second-order valence-electron chi connectivity index (χ2n) is 6.86. The molecule has 2 heterocycles. The van der Waals surface area contributed by atoms with Gasteiger partial charge in [-0.1, -0.05) is 12.1 Å². The van der Waals surface area contributed by atoms with Crippen molar-refractivity contribution in [3.63, 3.8) is 0 Å². The van der Waals surface area contributed by atoms with Crippen LogP contribution < -0.4 is 0 Å². The van der Waals surface area contributed by atoms with Crippen molar-refractivity contribution in [2.24, 2.45) is 5.92 Å². The zero-order valence-corrected chi connectivity index (χ0v) is 13.7. The summed E-state index contributed by atoms with van der Waals surface area (Å²) in [6.07, 6.45) is 1.07. The zero-order chi connectivity index (χ0) is 17.2. The van der Waals surface area contributed by atoms with Crippen LogP contribution in [0.3, 0.4) is 0 Å². The molecule has 0 spiro atoms. The lowest BCUT2D eigenvalue weighted by molar-refractivity contribution is -0.143. The van der Waals surface area contributed by atoms with Crippen molar-refractivity contribution >= 4 is 5.91 Å². The Morgan fingerprint density at radius 2 is 1.62 bits per heavy atom. The summed E-state index contributed by atoms with van der Waals surface area (Å²) < 4.78 is 39.3. The Morgan fingerprint density at radius 1 is 1.04 bits per heavy atom. The molecule has 0 saturated carbocycles. The minimum Gasteiger partial charge on any atom is -0.342 e.